The molecule has 1 heterocycles. The lowest BCUT2D eigenvalue weighted by Gasteiger charge is -2.23. The van der Waals surface area contributed by atoms with Crippen molar-refractivity contribution in [3.8, 4) is 33.9 Å². The van der Waals surface area contributed by atoms with Crippen LogP contribution in [0.3, 0.4) is 0 Å². The van der Waals surface area contributed by atoms with Crippen molar-refractivity contribution < 1.29 is 36.9 Å². The van der Waals surface area contributed by atoms with Gasteiger partial charge in [0.1, 0.15) is 22.8 Å². The first kappa shape index (κ1) is 27.8. The van der Waals surface area contributed by atoms with Crippen LogP contribution >= 0.6 is 7.82 Å². The molecule has 2 aromatic rings. The molecule has 0 radical (unpaired) electrons. The van der Waals surface area contributed by atoms with Gasteiger partial charge in [-0.15, -0.1) is 0 Å². The lowest BCUT2D eigenvalue weighted by Crippen LogP contribution is -2.35. The van der Waals surface area contributed by atoms with Gasteiger partial charge in [0.2, 0.25) is 0 Å². The Morgan fingerprint density at radius 2 is 1.68 bits per heavy atom. The fourth-order valence-corrected chi connectivity index (χ4v) is 4.81. The molecule has 1 N–H and O–H groups in total. The molecule has 10 heteroatoms. The Morgan fingerprint density at radius 3 is 2.39 bits per heavy atom. The first-order valence-corrected chi connectivity index (χ1v) is 13.7. The zero-order valence-electron chi connectivity index (χ0n) is 22.2. The van der Waals surface area contributed by atoms with Crippen molar-refractivity contribution in [3.63, 3.8) is 0 Å². The molecular weight excluding hydrogens is 509 g/mol. The summed E-state index contributed by atoms with van der Waals surface area (Å²) in [5, 5.41) is 0.811. The van der Waals surface area contributed by atoms with Crippen LogP contribution in [0.1, 0.15) is 12.0 Å². The molecule has 202 valence electrons. The van der Waals surface area contributed by atoms with E-state index in [0.29, 0.717) is 23.5 Å². The summed E-state index contributed by atoms with van der Waals surface area (Å²) < 4.78 is 39.9. The Hall–Kier alpha value is -3.20. The van der Waals surface area contributed by atoms with Gasteiger partial charge in [-0.3, -0.25) is 9.32 Å². The van der Waals surface area contributed by atoms with Crippen LogP contribution in [0.5, 0.6) is 11.5 Å². The van der Waals surface area contributed by atoms with Crippen LogP contribution in [0.15, 0.2) is 63.8 Å². The maximum absolute atomic E-state index is 12.2. The molecule has 0 spiro atoms. The minimum Gasteiger partial charge on any atom is -0.497 e. The lowest BCUT2D eigenvalue weighted by molar-refractivity contribution is -0.870. The van der Waals surface area contributed by atoms with Crippen molar-refractivity contribution in [2.45, 2.75) is 13.3 Å². The predicted molar refractivity (Wildman–Crippen MR) is 146 cm³/mol. The second kappa shape index (κ2) is 11.3. The number of benzene rings is 3. The van der Waals surface area contributed by atoms with Crippen LogP contribution < -0.4 is 14.9 Å². The number of phosphoric ester groups is 1. The SMILES string of the molecule is COc1ccc(-c2c3ccc(=O)cc-3oc3cc(OCOP(=O)(O)OCCC[N+](C)(C)C)ccc23)c(C)c1. The number of aryl methyl sites for hydroxylation is 1. The van der Waals surface area contributed by atoms with Gasteiger partial charge in [-0.2, -0.15) is 0 Å². The van der Waals surface area contributed by atoms with Crippen molar-refractivity contribution in [1.29, 1.82) is 0 Å². The molecule has 4 rings (SSSR count). The van der Waals surface area contributed by atoms with Gasteiger partial charge < -0.3 is 23.3 Å². The summed E-state index contributed by atoms with van der Waals surface area (Å²) in [7, 11) is 3.45. The van der Waals surface area contributed by atoms with Gasteiger partial charge in [-0.05, 0) is 54.4 Å². The van der Waals surface area contributed by atoms with Crippen molar-refractivity contribution in [3.05, 3.63) is 70.4 Å². The van der Waals surface area contributed by atoms with Crippen LogP contribution in [0, 0.1) is 6.92 Å². The van der Waals surface area contributed by atoms with E-state index in [4.69, 9.17) is 22.9 Å². The highest BCUT2D eigenvalue weighted by Crippen LogP contribution is 2.44. The number of hydrogen-bond acceptors (Lipinski definition) is 7. The summed E-state index contributed by atoms with van der Waals surface area (Å²) in [5.41, 5.74) is 3.99. The van der Waals surface area contributed by atoms with Gasteiger partial charge in [0.25, 0.3) is 0 Å². The standard InChI is InChI=1S/C28H32NO8P/c1-19-15-21(33-5)8-11-23(19)28-24-10-7-20(30)16-26(24)37-27-17-22(9-12-25(27)28)34-18-36-38(31,32)35-14-6-13-29(2,3)4/h7-12,15-17H,6,13-14,18H2,1-5H3/p+1. The van der Waals surface area contributed by atoms with Crippen LogP contribution in [0.2, 0.25) is 0 Å². The Morgan fingerprint density at radius 1 is 0.947 bits per heavy atom. The number of ether oxygens (including phenoxy) is 2. The number of methoxy groups -OCH3 is 1. The first-order valence-electron chi connectivity index (χ1n) is 12.2. The molecule has 38 heavy (non-hydrogen) atoms. The summed E-state index contributed by atoms with van der Waals surface area (Å²) >= 11 is 0. The molecule has 2 aromatic carbocycles. The molecule has 1 unspecified atom stereocenters. The Balaban J connectivity index is 1.58. The molecule has 1 aliphatic heterocycles. The number of fused-ring (bicyclic) bond motifs is 2. The van der Waals surface area contributed by atoms with E-state index >= 15 is 0 Å². The van der Waals surface area contributed by atoms with E-state index in [-0.39, 0.29) is 12.0 Å². The molecule has 1 aliphatic carbocycles. The van der Waals surface area contributed by atoms with Gasteiger partial charge in [0.15, 0.2) is 12.2 Å². The predicted octanol–water partition coefficient (Wildman–Crippen LogP) is 5.45. The highest BCUT2D eigenvalue weighted by atomic mass is 31.2. The zero-order valence-corrected chi connectivity index (χ0v) is 23.1. The Labute approximate surface area is 221 Å². The summed E-state index contributed by atoms with van der Waals surface area (Å²) in [5.74, 6) is 1.55. The summed E-state index contributed by atoms with van der Waals surface area (Å²) in [6.07, 6.45) is 0.611. The summed E-state index contributed by atoms with van der Waals surface area (Å²) in [6, 6.07) is 15.8. The van der Waals surface area contributed by atoms with Crippen molar-refractivity contribution in [2.24, 2.45) is 0 Å². The van der Waals surface area contributed by atoms with Gasteiger partial charge in [0.05, 0.1) is 41.4 Å². The van der Waals surface area contributed by atoms with E-state index in [9.17, 15) is 14.3 Å². The molecule has 0 bridgehead atoms. The maximum atomic E-state index is 12.2. The van der Waals surface area contributed by atoms with Crippen molar-refractivity contribution in [2.75, 3.05) is 48.2 Å². The van der Waals surface area contributed by atoms with Gasteiger partial charge in [-0.25, -0.2) is 9.09 Å². The third-order valence-corrected chi connectivity index (χ3v) is 6.98. The first-order chi connectivity index (χ1) is 18.0. The monoisotopic (exact) mass is 542 g/mol. The number of hydrogen-bond donors (Lipinski definition) is 1. The van der Waals surface area contributed by atoms with E-state index in [2.05, 4.69) is 0 Å². The highest BCUT2D eigenvalue weighted by molar-refractivity contribution is 7.47. The smallest absolute Gasteiger partial charge is 0.475 e. The molecule has 9 nitrogen and oxygen atoms in total. The quantitative estimate of drug-likeness (QED) is 0.0878. The number of phosphoric acid groups is 1. The number of quaternary nitrogens is 1. The van der Waals surface area contributed by atoms with Gasteiger partial charge >= 0.3 is 7.82 Å². The zero-order chi connectivity index (χ0) is 27.5. The van der Waals surface area contributed by atoms with E-state index in [1.165, 1.54) is 12.1 Å². The molecular formula is C28H33NO8P+. The van der Waals surface area contributed by atoms with Crippen LogP contribution in [0.25, 0.3) is 33.4 Å². The normalized spacial score (nSPS) is 13.5. The Kier molecular flexibility index (Phi) is 8.25. The molecule has 0 aromatic heterocycles. The third kappa shape index (κ3) is 6.81. The minimum absolute atomic E-state index is 0.0977. The molecule has 0 fully saturated rings. The summed E-state index contributed by atoms with van der Waals surface area (Å²) in [6.45, 7) is 2.39. The van der Waals surface area contributed by atoms with Gasteiger partial charge in [0, 0.05) is 35.1 Å². The topological polar surface area (TPSA) is 104 Å². The third-order valence-electron chi connectivity index (χ3n) is 6.04. The van der Waals surface area contributed by atoms with Crippen LogP contribution in [0.4, 0.5) is 0 Å². The van der Waals surface area contributed by atoms with E-state index in [1.807, 2.05) is 52.3 Å². The second-order valence-electron chi connectivity index (χ2n) is 10.0. The Bertz CT molecular complexity index is 1510. The van der Waals surface area contributed by atoms with Crippen LogP contribution in [-0.2, 0) is 13.6 Å². The van der Waals surface area contributed by atoms with Crippen molar-refractivity contribution >= 4 is 18.8 Å². The number of rotatable bonds is 11. The average Bonchev–Trinajstić information content (AvgIpc) is 2.84. The fraction of sp³-hybridized carbons (Fsp3) is 0.321. The molecule has 0 amide bonds. The molecule has 0 saturated heterocycles. The van der Waals surface area contributed by atoms with Crippen molar-refractivity contribution in [1.82, 2.24) is 0 Å². The molecule has 0 saturated carbocycles. The lowest BCUT2D eigenvalue weighted by atomic mass is 9.91. The average molecular weight is 543 g/mol. The highest BCUT2D eigenvalue weighted by Gasteiger charge is 2.23. The molecule has 1 atom stereocenters. The van der Waals surface area contributed by atoms with E-state index in [1.54, 1.807) is 25.3 Å². The number of nitrogens with zero attached hydrogens (tertiary/aromatic N) is 1. The summed E-state index contributed by atoms with van der Waals surface area (Å²) in [4.78, 5) is 22.0. The largest absolute Gasteiger partial charge is 0.497 e. The minimum atomic E-state index is -4.26. The second-order valence-corrected chi connectivity index (χ2v) is 11.5. The van der Waals surface area contributed by atoms with E-state index in [0.717, 1.165) is 44.4 Å². The van der Waals surface area contributed by atoms with E-state index < -0.39 is 14.6 Å². The van der Waals surface area contributed by atoms with Gasteiger partial charge in [-0.1, -0.05) is 6.07 Å². The van der Waals surface area contributed by atoms with Crippen LogP contribution in [-0.4, -0.2) is 57.6 Å². The maximum Gasteiger partial charge on any atom is 0.475 e. The fourth-order valence-electron chi connectivity index (χ4n) is 4.19. The molecule has 2 aliphatic rings.